The maximum atomic E-state index is 13.3. The van der Waals surface area contributed by atoms with Gasteiger partial charge in [0, 0.05) is 32.2 Å². The van der Waals surface area contributed by atoms with Crippen LogP contribution < -0.4 is 5.32 Å². The molecule has 1 aliphatic carbocycles. The second-order valence-corrected chi connectivity index (χ2v) is 9.10. The second-order valence-electron chi connectivity index (χ2n) is 7.17. The van der Waals surface area contributed by atoms with Gasteiger partial charge in [0.05, 0.1) is 4.90 Å². The molecule has 1 N–H and O–H groups in total. The predicted octanol–water partition coefficient (Wildman–Crippen LogP) is 2.42. The molecule has 1 saturated carbocycles. The van der Waals surface area contributed by atoms with Crippen molar-refractivity contribution in [1.82, 2.24) is 14.5 Å². The van der Waals surface area contributed by atoms with Crippen molar-refractivity contribution in [1.29, 1.82) is 0 Å². The van der Waals surface area contributed by atoms with Gasteiger partial charge in [0.1, 0.15) is 5.82 Å². The quantitative estimate of drug-likeness (QED) is 0.871. The molecule has 1 heterocycles. The summed E-state index contributed by atoms with van der Waals surface area (Å²) in [4.78, 5) is 14.1. The van der Waals surface area contributed by atoms with Crippen LogP contribution in [0, 0.1) is 11.7 Å². The van der Waals surface area contributed by atoms with Crippen molar-refractivity contribution in [3.8, 4) is 0 Å². The third-order valence-corrected chi connectivity index (χ3v) is 7.27. The molecule has 1 saturated heterocycles. The van der Waals surface area contributed by atoms with Gasteiger partial charge < -0.3 is 10.2 Å². The number of nitrogens with zero attached hydrogens (tertiary/aromatic N) is 2. The summed E-state index contributed by atoms with van der Waals surface area (Å²) < 4.78 is 39.9. The lowest BCUT2D eigenvalue weighted by Gasteiger charge is -2.36. The van der Waals surface area contributed by atoms with Crippen molar-refractivity contribution in [2.75, 3.05) is 26.2 Å². The molecule has 1 aromatic carbocycles. The highest BCUT2D eigenvalue weighted by Gasteiger charge is 2.31. The number of hydrogen-bond donors (Lipinski definition) is 1. The maximum Gasteiger partial charge on any atom is 0.317 e. The molecule has 1 aliphatic heterocycles. The first-order valence-corrected chi connectivity index (χ1v) is 10.6. The van der Waals surface area contributed by atoms with Gasteiger partial charge >= 0.3 is 6.03 Å². The van der Waals surface area contributed by atoms with E-state index in [9.17, 15) is 17.6 Å². The zero-order valence-corrected chi connectivity index (χ0v) is 15.8. The first-order chi connectivity index (χ1) is 12.4. The third kappa shape index (κ3) is 4.17. The van der Waals surface area contributed by atoms with Crippen molar-refractivity contribution in [2.24, 2.45) is 5.92 Å². The molecule has 0 spiro atoms. The van der Waals surface area contributed by atoms with Crippen LogP contribution in [0.3, 0.4) is 0 Å². The van der Waals surface area contributed by atoms with Crippen molar-refractivity contribution in [3.05, 3.63) is 30.1 Å². The van der Waals surface area contributed by atoms with Crippen LogP contribution in [0.25, 0.3) is 0 Å². The molecule has 0 aromatic heterocycles. The molecule has 144 valence electrons. The maximum absolute atomic E-state index is 13.3. The van der Waals surface area contributed by atoms with E-state index in [0.29, 0.717) is 19.0 Å². The topological polar surface area (TPSA) is 69.7 Å². The molecular formula is C18H26FN3O3S. The molecule has 0 radical (unpaired) electrons. The highest BCUT2D eigenvalue weighted by molar-refractivity contribution is 7.89. The van der Waals surface area contributed by atoms with Crippen molar-refractivity contribution in [2.45, 2.75) is 43.5 Å². The number of carbonyl (C=O) groups excluding carboxylic acids is 1. The minimum Gasteiger partial charge on any atom is -0.335 e. The highest BCUT2D eigenvalue weighted by atomic mass is 32.2. The Bertz CT molecular complexity index is 748. The monoisotopic (exact) mass is 383 g/mol. The molecule has 2 atom stereocenters. The van der Waals surface area contributed by atoms with Crippen LogP contribution in [0.5, 0.6) is 0 Å². The normalized spacial score (nSPS) is 25.1. The summed E-state index contributed by atoms with van der Waals surface area (Å²) >= 11 is 0. The molecule has 0 bridgehead atoms. The van der Waals surface area contributed by atoms with E-state index in [2.05, 4.69) is 12.2 Å². The Kier molecular flexibility index (Phi) is 5.82. The molecule has 1 aromatic rings. The van der Waals surface area contributed by atoms with E-state index in [1.807, 2.05) is 0 Å². The standard InChI is InChI=1S/C18H26FN3O3S/c1-14-5-2-3-8-17(14)20-18(23)21-9-11-22(12-10-21)26(24,25)16-7-4-6-15(19)13-16/h4,6-7,13-14,17H,2-3,5,8-12H2,1H3,(H,20,23)/t14-,17-/m1/s1. The molecule has 8 heteroatoms. The van der Waals surface area contributed by atoms with Crippen LogP contribution in [-0.2, 0) is 10.0 Å². The molecule has 26 heavy (non-hydrogen) atoms. The zero-order valence-electron chi connectivity index (χ0n) is 15.0. The fraction of sp³-hybridized carbons (Fsp3) is 0.611. The van der Waals surface area contributed by atoms with E-state index in [4.69, 9.17) is 0 Å². The minimum atomic E-state index is -3.73. The molecular weight excluding hydrogens is 357 g/mol. The van der Waals surface area contributed by atoms with Crippen LogP contribution in [0.4, 0.5) is 9.18 Å². The van der Waals surface area contributed by atoms with E-state index in [1.54, 1.807) is 4.90 Å². The molecule has 2 amide bonds. The fourth-order valence-electron chi connectivity index (χ4n) is 3.69. The lowest BCUT2D eigenvalue weighted by atomic mass is 9.86. The largest absolute Gasteiger partial charge is 0.335 e. The first-order valence-electron chi connectivity index (χ1n) is 9.19. The predicted molar refractivity (Wildman–Crippen MR) is 96.7 cm³/mol. The van der Waals surface area contributed by atoms with Crippen molar-refractivity contribution in [3.63, 3.8) is 0 Å². The Balaban J connectivity index is 1.57. The van der Waals surface area contributed by atoms with Crippen LogP contribution in [0.2, 0.25) is 0 Å². The summed E-state index contributed by atoms with van der Waals surface area (Å²) in [6, 6.07) is 5.10. The van der Waals surface area contributed by atoms with Crippen molar-refractivity contribution < 1.29 is 17.6 Å². The second kappa shape index (κ2) is 7.92. The number of rotatable bonds is 3. The third-order valence-electron chi connectivity index (χ3n) is 5.38. The lowest BCUT2D eigenvalue weighted by Crippen LogP contribution is -2.55. The van der Waals surface area contributed by atoms with Gasteiger partial charge in [-0.1, -0.05) is 25.8 Å². The van der Waals surface area contributed by atoms with E-state index < -0.39 is 15.8 Å². The van der Waals surface area contributed by atoms with Gasteiger partial charge in [-0.05, 0) is 37.0 Å². The average molecular weight is 383 g/mol. The van der Waals surface area contributed by atoms with Gasteiger partial charge in [-0.25, -0.2) is 17.6 Å². The van der Waals surface area contributed by atoms with Gasteiger partial charge in [0.2, 0.25) is 10.0 Å². The van der Waals surface area contributed by atoms with Crippen molar-refractivity contribution >= 4 is 16.1 Å². The van der Waals surface area contributed by atoms with Gasteiger partial charge in [0.25, 0.3) is 0 Å². The van der Waals surface area contributed by atoms with Gasteiger partial charge in [0.15, 0.2) is 0 Å². The number of carbonyl (C=O) groups is 1. The SMILES string of the molecule is C[C@@H]1CCCC[C@H]1NC(=O)N1CCN(S(=O)(=O)c2cccc(F)c2)CC1. The van der Waals surface area contributed by atoms with E-state index in [1.165, 1.54) is 28.9 Å². The first kappa shape index (κ1) is 19.1. The van der Waals surface area contributed by atoms with Crippen LogP contribution >= 0.6 is 0 Å². The minimum absolute atomic E-state index is 0.0496. The van der Waals surface area contributed by atoms with E-state index >= 15 is 0 Å². The Morgan fingerprint density at radius 1 is 1.15 bits per heavy atom. The van der Waals surface area contributed by atoms with Crippen LogP contribution in [0.15, 0.2) is 29.2 Å². The molecule has 6 nitrogen and oxygen atoms in total. The number of halogens is 1. The summed E-state index contributed by atoms with van der Waals surface area (Å²) in [5.41, 5.74) is 0. The van der Waals surface area contributed by atoms with Gasteiger partial charge in [-0.2, -0.15) is 4.31 Å². The smallest absolute Gasteiger partial charge is 0.317 e. The number of nitrogens with one attached hydrogen (secondary N) is 1. The van der Waals surface area contributed by atoms with Crippen LogP contribution in [-0.4, -0.2) is 55.9 Å². The molecule has 3 rings (SSSR count). The number of amides is 2. The number of piperazine rings is 1. The Morgan fingerprint density at radius 2 is 1.85 bits per heavy atom. The lowest BCUT2D eigenvalue weighted by molar-refractivity contribution is 0.161. The van der Waals surface area contributed by atoms with E-state index in [0.717, 1.165) is 25.3 Å². The Hall–Kier alpha value is -1.67. The number of sulfonamides is 1. The summed E-state index contributed by atoms with van der Waals surface area (Å²) in [7, 11) is -3.73. The average Bonchev–Trinajstić information content (AvgIpc) is 2.63. The Labute approximate surface area is 154 Å². The van der Waals surface area contributed by atoms with Crippen LogP contribution in [0.1, 0.15) is 32.6 Å². The zero-order chi connectivity index (χ0) is 18.7. The summed E-state index contributed by atoms with van der Waals surface area (Å²) in [5.74, 6) is -0.104. The fourth-order valence-corrected chi connectivity index (χ4v) is 5.14. The summed E-state index contributed by atoms with van der Waals surface area (Å²) in [6.45, 7) is 3.26. The highest BCUT2D eigenvalue weighted by Crippen LogP contribution is 2.24. The van der Waals surface area contributed by atoms with Gasteiger partial charge in [-0.15, -0.1) is 0 Å². The Morgan fingerprint density at radius 3 is 2.50 bits per heavy atom. The number of hydrogen-bond acceptors (Lipinski definition) is 3. The number of urea groups is 1. The molecule has 2 aliphatic rings. The molecule has 0 unspecified atom stereocenters. The molecule has 2 fully saturated rings. The number of benzene rings is 1. The summed E-state index contributed by atoms with van der Waals surface area (Å²) in [6.07, 6.45) is 4.48. The summed E-state index contributed by atoms with van der Waals surface area (Å²) in [5, 5.41) is 3.10. The van der Waals surface area contributed by atoms with Gasteiger partial charge in [-0.3, -0.25) is 0 Å². The van der Waals surface area contributed by atoms with E-state index in [-0.39, 0.29) is 30.1 Å².